The smallest absolute Gasteiger partial charge is 0.101 e. The Kier molecular flexibility index (Phi) is 3.32. The van der Waals surface area contributed by atoms with Gasteiger partial charge in [-0.2, -0.15) is 5.26 Å². The highest BCUT2D eigenvalue weighted by molar-refractivity contribution is 6.30. The number of rotatable bonds is 3. The minimum Gasteiger partial charge on any atom is -0.380 e. The van der Waals surface area contributed by atoms with Gasteiger partial charge in [0.15, 0.2) is 0 Å². The Morgan fingerprint density at radius 1 is 1.20 bits per heavy atom. The largest absolute Gasteiger partial charge is 0.380 e. The summed E-state index contributed by atoms with van der Waals surface area (Å²) in [6, 6.07) is 15.6. The van der Waals surface area contributed by atoms with E-state index in [-0.39, 0.29) is 0 Å². The van der Waals surface area contributed by atoms with Crippen molar-refractivity contribution >= 4 is 28.2 Å². The second-order valence-corrected chi connectivity index (χ2v) is 4.95. The van der Waals surface area contributed by atoms with Gasteiger partial charge in [0.1, 0.15) is 6.07 Å². The summed E-state index contributed by atoms with van der Waals surface area (Å²) in [5, 5.41) is 14.2. The Bertz CT molecular complexity index is 799. The van der Waals surface area contributed by atoms with Gasteiger partial charge in [-0.1, -0.05) is 29.8 Å². The molecular weight excluding hydrogens is 270 g/mol. The van der Waals surface area contributed by atoms with Crippen LogP contribution in [-0.2, 0) is 6.54 Å². The van der Waals surface area contributed by atoms with Crippen molar-refractivity contribution in [2.45, 2.75) is 6.54 Å². The Hall–Kier alpha value is -2.44. The Labute approximate surface area is 121 Å². The molecule has 0 aliphatic heterocycles. The quantitative estimate of drug-likeness (QED) is 0.752. The van der Waals surface area contributed by atoms with Crippen molar-refractivity contribution in [3.8, 4) is 6.07 Å². The molecule has 0 saturated heterocycles. The summed E-state index contributed by atoms with van der Waals surface area (Å²) < 4.78 is 0. The highest BCUT2D eigenvalue weighted by Gasteiger charge is 2.05. The molecule has 2 N–H and O–H groups in total. The summed E-state index contributed by atoms with van der Waals surface area (Å²) in [6.45, 7) is 0.632. The minimum atomic E-state index is 0.591. The number of aromatic nitrogens is 1. The van der Waals surface area contributed by atoms with E-state index in [4.69, 9.17) is 16.9 Å². The standard InChI is InChI=1S/C16H12ClN3/c17-14-5-4-12(9-18)15(8-14)20-10-13-3-1-2-11-6-7-19-16(11)13/h1-8,19-20H,10H2. The van der Waals surface area contributed by atoms with Crippen LogP contribution in [0.2, 0.25) is 5.02 Å². The summed E-state index contributed by atoms with van der Waals surface area (Å²) >= 11 is 5.98. The second-order valence-electron chi connectivity index (χ2n) is 4.51. The number of nitrogens with zero attached hydrogens (tertiary/aromatic N) is 1. The minimum absolute atomic E-state index is 0.591. The molecule has 0 unspecified atom stereocenters. The monoisotopic (exact) mass is 281 g/mol. The molecule has 0 atom stereocenters. The second kappa shape index (κ2) is 5.28. The van der Waals surface area contributed by atoms with Crippen molar-refractivity contribution in [3.05, 3.63) is 64.8 Å². The van der Waals surface area contributed by atoms with Gasteiger partial charge in [-0.15, -0.1) is 0 Å². The van der Waals surface area contributed by atoms with Crippen LogP contribution >= 0.6 is 11.6 Å². The molecule has 0 spiro atoms. The van der Waals surface area contributed by atoms with Gasteiger partial charge >= 0.3 is 0 Å². The van der Waals surface area contributed by atoms with Gasteiger partial charge in [-0.3, -0.25) is 0 Å². The number of benzene rings is 2. The molecule has 0 bridgehead atoms. The highest BCUT2D eigenvalue weighted by atomic mass is 35.5. The van der Waals surface area contributed by atoms with Crippen molar-refractivity contribution in [2.24, 2.45) is 0 Å². The SMILES string of the molecule is N#Cc1ccc(Cl)cc1NCc1cccc2cc[nH]c12. The lowest BCUT2D eigenvalue weighted by atomic mass is 10.1. The van der Waals surface area contributed by atoms with Gasteiger partial charge in [0.2, 0.25) is 0 Å². The fraction of sp³-hybridized carbons (Fsp3) is 0.0625. The number of hydrogen-bond donors (Lipinski definition) is 2. The van der Waals surface area contributed by atoms with E-state index in [0.29, 0.717) is 17.1 Å². The van der Waals surface area contributed by atoms with E-state index in [0.717, 1.165) is 16.8 Å². The lowest BCUT2D eigenvalue weighted by Gasteiger charge is -2.09. The first kappa shape index (κ1) is 12.6. The van der Waals surface area contributed by atoms with Crippen LogP contribution < -0.4 is 5.32 Å². The number of para-hydroxylation sites is 1. The molecule has 2 aromatic carbocycles. The Morgan fingerprint density at radius 2 is 2.10 bits per heavy atom. The number of hydrogen-bond acceptors (Lipinski definition) is 2. The normalized spacial score (nSPS) is 10.4. The fourth-order valence-electron chi connectivity index (χ4n) is 2.25. The molecule has 3 rings (SSSR count). The Morgan fingerprint density at radius 3 is 2.95 bits per heavy atom. The topological polar surface area (TPSA) is 51.6 Å². The zero-order valence-electron chi connectivity index (χ0n) is 10.7. The van der Waals surface area contributed by atoms with Crippen molar-refractivity contribution in [1.82, 2.24) is 4.98 Å². The van der Waals surface area contributed by atoms with E-state index in [1.54, 1.807) is 18.2 Å². The van der Waals surface area contributed by atoms with E-state index in [1.165, 1.54) is 5.39 Å². The summed E-state index contributed by atoms with van der Waals surface area (Å²) in [6.07, 6.45) is 1.92. The first-order valence-corrected chi connectivity index (χ1v) is 6.64. The molecule has 1 heterocycles. The molecule has 4 heteroatoms. The van der Waals surface area contributed by atoms with E-state index in [9.17, 15) is 0 Å². The van der Waals surface area contributed by atoms with E-state index in [1.807, 2.05) is 18.3 Å². The number of H-pyrrole nitrogens is 1. The van der Waals surface area contributed by atoms with E-state index >= 15 is 0 Å². The van der Waals surface area contributed by atoms with Gasteiger partial charge in [-0.05, 0) is 35.2 Å². The predicted octanol–water partition coefficient (Wildman–Crippen LogP) is 4.31. The van der Waals surface area contributed by atoms with Crippen LogP contribution in [0.4, 0.5) is 5.69 Å². The third kappa shape index (κ3) is 2.34. The summed E-state index contributed by atoms with van der Waals surface area (Å²) in [4.78, 5) is 3.23. The fourth-order valence-corrected chi connectivity index (χ4v) is 2.42. The molecule has 98 valence electrons. The molecule has 0 aliphatic carbocycles. The molecule has 0 amide bonds. The molecule has 20 heavy (non-hydrogen) atoms. The molecule has 0 saturated carbocycles. The average molecular weight is 282 g/mol. The molecule has 0 fully saturated rings. The van der Waals surface area contributed by atoms with E-state index < -0.39 is 0 Å². The average Bonchev–Trinajstić information content (AvgIpc) is 2.94. The Balaban J connectivity index is 1.89. The maximum atomic E-state index is 9.11. The molecule has 0 aliphatic rings. The summed E-state index contributed by atoms with van der Waals surface area (Å²) in [5.74, 6) is 0. The van der Waals surface area contributed by atoms with Gasteiger partial charge in [0.05, 0.1) is 16.8 Å². The molecule has 3 aromatic rings. The summed E-state index contributed by atoms with van der Waals surface area (Å²) in [5.41, 5.74) is 3.61. The van der Waals surface area contributed by atoms with E-state index in [2.05, 4.69) is 28.5 Å². The van der Waals surface area contributed by atoms with Crippen LogP contribution in [0.3, 0.4) is 0 Å². The van der Waals surface area contributed by atoms with Crippen molar-refractivity contribution < 1.29 is 0 Å². The third-order valence-corrected chi connectivity index (χ3v) is 3.48. The van der Waals surface area contributed by atoms with Crippen LogP contribution in [-0.4, -0.2) is 4.98 Å². The lowest BCUT2D eigenvalue weighted by molar-refractivity contribution is 1.15. The zero-order valence-corrected chi connectivity index (χ0v) is 11.4. The molecule has 3 nitrogen and oxygen atoms in total. The lowest BCUT2D eigenvalue weighted by Crippen LogP contribution is -2.02. The van der Waals surface area contributed by atoms with Gasteiger partial charge < -0.3 is 10.3 Å². The van der Waals surface area contributed by atoms with Crippen LogP contribution in [0.1, 0.15) is 11.1 Å². The van der Waals surface area contributed by atoms with Gasteiger partial charge in [0, 0.05) is 17.8 Å². The number of aromatic amines is 1. The van der Waals surface area contributed by atoms with Crippen LogP contribution in [0.25, 0.3) is 10.9 Å². The third-order valence-electron chi connectivity index (χ3n) is 3.24. The summed E-state index contributed by atoms with van der Waals surface area (Å²) in [7, 11) is 0. The number of nitrogens with one attached hydrogen (secondary N) is 2. The van der Waals surface area contributed by atoms with Gasteiger partial charge in [0.25, 0.3) is 0 Å². The molecular formula is C16H12ClN3. The van der Waals surface area contributed by atoms with Crippen molar-refractivity contribution in [3.63, 3.8) is 0 Å². The van der Waals surface area contributed by atoms with Crippen LogP contribution in [0.5, 0.6) is 0 Å². The number of halogens is 1. The van der Waals surface area contributed by atoms with Gasteiger partial charge in [-0.25, -0.2) is 0 Å². The highest BCUT2D eigenvalue weighted by Crippen LogP contribution is 2.23. The van der Waals surface area contributed by atoms with Crippen LogP contribution in [0.15, 0.2) is 48.7 Å². The number of nitriles is 1. The zero-order chi connectivity index (χ0) is 13.9. The maximum absolute atomic E-state index is 9.11. The van der Waals surface area contributed by atoms with Crippen LogP contribution in [0, 0.1) is 11.3 Å². The first-order valence-electron chi connectivity index (χ1n) is 6.26. The molecule has 0 radical (unpaired) electrons. The molecule has 1 aromatic heterocycles. The number of anilines is 1. The number of fused-ring (bicyclic) bond motifs is 1. The maximum Gasteiger partial charge on any atom is 0.101 e. The van der Waals surface area contributed by atoms with Crippen molar-refractivity contribution in [2.75, 3.05) is 5.32 Å². The predicted molar refractivity (Wildman–Crippen MR) is 81.8 cm³/mol. The van der Waals surface area contributed by atoms with Crippen molar-refractivity contribution in [1.29, 1.82) is 5.26 Å². The first-order chi connectivity index (χ1) is 9.78.